The minimum absolute atomic E-state index is 0.390. The van der Waals surface area contributed by atoms with Crippen molar-refractivity contribution in [1.29, 1.82) is 0 Å². The predicted octanol–water partition coefficient (Wildman–Crippen LogP) is 2.59. The highest BCUT2D eigenvalue weighted by Gasteiger charge is 2.23. The molecule has 3 N–H and O–H groups in total. The number of methoxy groups -OCH3 is 1. The molecule has 0 aliphatic heterocycles. The van der Waals surface area contributed by atoms with Crippen molar-refractivity contribution in [3.05, 3.63) is 11.9 Å². The Balaban J connectivity index is 2.08. The molecule has 5 heteroatoms. The second-order valence-corrected chi connectivity index (χ2v) is 5.23. The second-order valence-electron chi connectivity index (χ2n) is 5.23. The summed E-state index contributed by atoms with van der Waals surface area (Å²) in [5.74, 6) is 2.68. The van der Waals surface area contributed by atoms with E-state index in [0.717, 1.165) is 11.7 Å². The summed E-state index contributed by atoms with van der Waals surface area (Å²) in [6.07, 6.45) is 6.36. The SMILES string of the molecule is CCC1CCCCC1Nc1cc(N)nc(COC)n1. The monoisotopic (exact) mass is 264 g/mol. The van der Waals surface area contributed by atoms with Crippen LogP contribution in [0, 0.1) is 5.92 Å². The van der Waals surface area contributed by atoms with Gasteiger partial charge in [-0.3, -0.25) is 0 Å². The third kappa shape index (κ3) is 3.80. The number of nitrogen functional groups attached to an aromatic ring is 1. The lowest BCUT2D eigenvalue weighted by atomic mass is 9.83. The largest absolute Gasteiger partial charge is 0.384 e. The molecule has 1 aromatic heterocycles. The van der Waals surface area contributed by atoms with Gasteiger partial charge in [-0.15, -0.1) is 0 Å². The van der Waals surface area contributed by atoms with Gasteiger partial charge in [-0.25, -0.2) is 9.97 Å². The Bertz CT molecular complexity index is 410. The zero-order chi connectivity index (χ0) is 13.7. The van der Waals surface area contributed by atoms with Crippen molar-refractivity contribution in [3.8, 4) is 0 Å². The number of ether oxygens (including phenoxy) is 1. The lowest BCUT2D eigenvalue weighted by Crippen LogP contribution is -2.32. The minimum atomic E-state index is 0.390. The molecule has 106 valence electrons. The van der Waals surface area contributed by atoms with Crippen molar-refractivity contribution in [3.63, 3.8) is 0 Å². The second kappa shape index (κ2) is 6.70. The summed E-state index contributed by atoms with van der Waals surface area (Å²) in [4.78, 5) is 8.62. The molecule has 0 radical (unpaired) electrons. The highest BCUT2D eigenvalue weighted by atomic mass is 16.5. The fraction of sp³-hybridized carbons (Fsp3) is 0.714. The summed E-state index contributed by atoms with van der Waals surface area (Å²) in [5, 5.41) is 3.53. The summed E-state index contributed by atoms with van der Waals surface area (Å²) in [6.45, 7) is 2.65. The van der Waals surface area contributed by atoms with Crippen LogP contribution in [0.2, 0.25) is 0 Å². The van der Waals surface area contributed by atoms with Gasteiger partial charge in [0.25, 0.3) is 0 Å². The Morgan fingerprint density at radius 3 is 2.89 bits per heavy atom. The Morgan fingerprint density at radius 1 is 1.37 bits per heavy atom. The predicted molar refractivity (Wildman–Crippen MR) is 76.8 cm³/mol. The van der Waals surface area contributed by atoms with Crippen LogP contribution in [-0.2, 0) is 11.3 Å². The number of anilines is 2. The first kappa shape index (κ1) is 14.1. The topological polar surface area (TPSA) is 73.1 Å². The van der Waals surface area contributed by atoms with Crippen LogP contribution in [0.25, 0.3) is 0 Å². The first-order valence-electron chi connectivity index (χ1n) is 7.11. The Kier molecular flexibility index (Phi) is 4.96. The average Bonchev–Trinajstić information content (AvgIpc) is 2.39. The van der Waals surface area contributed by atoms with Gasteiger partial charge in [0.2, 0.25) is 0 Å². The van der Waals surface area contributed by atoms with Gasteiger partial charge >= 0.3 is 0 Å². The highest BCUT2D eigenvalue weighted by Crippen LogP contribution is 2.29. The summed E-state index contributed by atoms with van der Waals surface area (Å²) < 4.78 is 5.06. The molecule has 0 spiro atoms. The molecule has 19 heavy (non-hydrogen) atoms. The molecule has 1 aliphatic rings. The molecule has 5 nitrogen and oxygen atoms in total. The molecule has 0 bridgehead atoms. The first-order valence-corrected chi connectivity index (χ1v) is 7.11. The van der Waals surface area contributed by atoms with Gasteiger partial charge in [0.05, 0.1) is 0 Å². The van der Waals surface area contributed by atoms with Crippen LogP contribution >= 0.6 is 0 Å². The molecule has 2 atom stereocenters. The molecule has 1 aliphatic carbocycles. The van der Waals surface area contributed by atoms with Crippen molar-refractivity contribution in [2.24, 2.45) is 5.92 Å². The maximum Gasteiger partial charge on any atom is 0.158 e. The van der Waals surface area contributed by atoms with Crippen LogP contribution in [0.15, 0.2) is 6.07 Å². The molecule has 0 amide bonds. The fourth-order valence-corrected chi connectivity index (χ4v) is 2.86. The van der Waals surface area contributed by atoms with Gasteiger partial charge in [0.15, 0.2) is 5.82 Å². The number of rotatable bonds is 5. The van der Waals surface area contributed by atoms with E-state index in [9.17, 15) is 0 Å². The molecule has 0 saturated heterocycles. The van der Waals surface area contributed by atoms with Crippen LogP contribution in [-0.4, -0.2) is 23.1 Å². The summed E-state index contributed by atoms with van der Waals surface area (Å²) in [7, 11) is 1.63. The highest BCUT2D eigenvalue weighted by molar-refractivity contribution is 5.45. The van der Waals surface area contributed by atoms with Gasteiger partial charge in [-0.1, -0.05) is 26.2 Å². The molecule has 1 saturated carbocycles. The van der Waals surface area contributed by atoms with Crippen molar-refractivity contribution >= 4 is 11.6 Å². The van der Waals surface area contributed by atoms with E-state index in [-0.39, 0.29) is 0 Å². The minimum Gasteiger partial charge on any atom is -0.384 e. The van der Waals surface area contributed by atoms with Crippen LogP contribution in [0.3, 0.4) is 0 Å². The smallest absolute Gasteiger partial charge is 0.158 e. The number of aromatic nitrogens is 2. The summed E-state index contributed by atoms with van der Waals surface area (Å²) >= 11 is 0. The van der Waals surface area contributed by atoms with Gasteiger partial charge in [-0.2, -0.15) is 0 Å². The van der Waals surface area contributed by atoms with Crippen LogP contribution < -0.4 is 11.1 Å². The number of nitrogens with two attached hydrogens (primary N) is 1. The molecule has 2 unspecified atom stereocenters. The quantitative estimate of drug-likeness (QED) is 0.855. The zero-order valence-corrected chi connectivity index (χ0v) is 11.9. The third-order valence-corrected chi connectivity index (χ3v) is 3.83. The number of nitrogens with zero attached hydrogens (tertiary/aromatic N) is 2. The molecule has 2 rings (SSSR count). The Morgan fingerprint density at radius 2 is 2.16 bits per heavy atom. The standard InChI is InChI=1S/C14H24N4O/c1-3-10-6-4-5-7-11(10)16-13-8-12(15)17-14(18-13)9-19-2/h8,10-11H,3-7,9H2,1-2H3,(H3,15,16,17,18). The van der Waals surface area contributed by atoms with E-state index in [1.54, 1.807) is 13.2 Å². The van der Waals surface area contributed by atoms with Crippen LogP contribution in [0.5, 0.6) is 0 Å². The van der Waals surface area contributed by atoms with Gasteiger partial charge < -0.3 is 15.8 Å². The zero-order valence-electron chi connectivity index (χ0n) is 11.9. The van der Waals surface area contributed by atoms with Gasteiger partial charge in [0, 0.05) is 19.2 Å². The number of hydrogen-bond acceptors (Lipinski definition) is 5. The van der Waals surface area contributed by atoms with Crippen molar-refractivity contribution in [2.45, 2.75) is 51.7 Å². The number of hydrogen-bond donors (Lipinski definition) is 2. The molecular formula is C14H24N4O. The molecule has 1 fully saturated rings. The van der Waals surface area contributed by atoms with E-state index in [2.05, 4.69) is 22.2 Å². The van der Waals surface area contributed by atoms with Crippen LogP contribution in [0.4, 0.5) is 11.6 Å². The van der Waals surface area contributed by atoms with Gasteiger partial charge in [0.1, 0.15) is 18.2 Å². The van der Waals surface area contributed by atoms with Crippen LogP contribution in [0.1, 0.15) is 44.9 Å². The van der Waals surface area contributed by atoms with E-state index in [0.29, 0.717) is 24.3 Å². The van der Waals surface area contributed by atoms with E-state index < -0.39 is 0 Å². The maximum absolute atomic E-state index is 5.82. The molecule has 1 aromatic rings. The van der Waals surface area contributed by atoms with Crippen molar-refractivity contribution < 1.29 is 4.74 Å². The Hall–Kier alpha value is -1.36. The molecule has 0 aromatic carbocycles. The lowest BCUT2D eigenvalue weighted by Gasteiger charge is -2.32. The fourth-order valence-electron chi connectivity index (χ4n) is 2.86. The Labute approximate surface area is 115 Å². The average molecular weight is 264 g/mol. The maximum atomic E-state index is 5.82. The van der Waals surface area contributed by atoms with Crippen molar-refractivity contribution in [1.82, 2.24) is 9.97 Å². The molecule has 1 heterocycles. The van der Waals surface area contributed by atoms with E-state index in [1.165, 1.54) is 32.1 Å². The van der Waals surface area contributed by atoms with E-state index in [1.807, 2.05) is 0 Å². The lowest BCUT2D eigenvalue weighted by molar-refractivity contribution is 0.178. The van der Waals surface area contributed by atoms with E-state index >= 15 is 0 Å². The van der Waals surface area contributed by atoms with E-state index in [4.69, 9.17) is 10.5 Å². The first-order chi connectivity index (χ1) is 9.22. The van der Waals surface area contributed by atoms with Gasteiger partial charge in [-0.05, 0) is 18.8 Å². The molecular weight excluding hydrogens is 240 g/mol. The summed E-state index contributed by atoms with van der Waals surface area (Å²) in [6, 6.07) is 2.31. The van der Waals surface area contributed by atoms with Crippen molar-refractivity contribution in [2.75, 3.05) is 18.2 Å². The summed E-state index contributed by atoms with van der Waals surface area (Å²) in [5.41, 5.74) is 5.82. The normalized spacial score (nSPS) is 23.3. The third-order valence-electron chi connectivity index (χ3n) is 3.83. The number of nitrogens with one attached hydrogen (secondary N) is 1.